The number of aromatic nitrogens is 4. The van der Waals surface area contributed by atoms with Gasteiger partial charge >= 0.3 is 0 Å². The highest BCUT2D eigenvalue weighted by Gasteiger charge is 2.36. The normalized spacial score (nSPS) is 15.7. The molecular formula is C12H11ClN6O2. The summed E-state index contributed by atoms with van der Waals surface area (Å²) in [6, 6.07) is 3.39. The van der Waals surface area contributed by atoms with Crippen LogP contribution in [-0.4, -0.2) is 31.4 Å². The van der Waals surface area contributed by atoms with E-state index in [1.165, 1.54) is 6.33 Å². The van der Waals surface area contributed by atoms with Gasteiger partial charge in [0.2, 0.25) is 11.2 Å². The van der Waals surface area contributed by atoms with Gasteiger partial charge < -0.3 is 15.4 Å². The Bertz CT molecular complexity index is 721. The predicted octanol–water partition coefficient (Wildman–Crippen LogP) is 1.77. The molecule has 1 amide bonds. The quantitative estimate of drug-likeness (QED) is 0.871. The fraction of sp³-hybridized carbons (Fsp3) is 0.250. The number of rotatable bonds is 2. The van der Waals surface area contributed by atoms with Crippen LogP contribution >= 0.6 is 11.6 Å². The maximum atomic E-state index is 11.8. The Morgan fingerprint density at radius 1 is 1.29 bits per heavy atom. The largest absolute Gasteiger partial charge is 0.474 e. The Kier molecular flexibility index (Phi) is 3.09. The third-order valence-electron chi connectivity index (χ3n) is 2.78. The molecule has 1 aliphatic heterocycles. The van der Waals surface area contributed by atoms with Crippen LogP contribution in [-0.2, 0) is 4.79 Å². The molecule has 3 rings (SSSR count). The first-order valence-corrected chi connectivity index (χ1v) is 6.45. The van der Waals surface area contributed by atoms with Crippen LogP contribution in [0.15, 0.2) is 18.5 Å². The molecule has 1 aliphatic rings. The summed E-state index contributed by atoms with van der Waals surface area (Å²) in [7, 11) is 0. The summed E-state index contributed by atoms with van der Waals surface area (Å²) in [6.45, 7) is 3.37. The molecule has 8 nitrogen and oxygen atoms in total. The molecule has 108 valence electrons. The third-order valence-corrected chi connectivity index (χ3v) is 2.97. The summed E-state index contributed by atoms with van der Waals surface area (Å²) in [6.07, 6.45) is 1.28. The van der Waals surface area contributed by atoms with Crippen LogP contribution in [0.25, 0.3) is 0 Å². The number of ether oxygens (including phenoxy) is 1. The highest BCUT2D eigenvalue weighted by Crippen LogP contribution is 2.33. The molecule has 0 saturated heterocycles. The highest BCUT2D eigenvalue weighted by atomic mass is 35.5. The first-order chi connectivity index (χ1) is 9.94. The lowest BCUT2D eigenvalue weighted by molar-refractivity contribution is -0.129. The van der Waals surface area contributed by atoms with Crippen LogP contribution < -0.4 is 15.4 Å². The molecule has 0 fully saturated rings. The van der Waals surface area contributed by atoms with E-state index in [4.69, 9.17) is 16.3 Å². The van der Waals surface area contributed by atoms with E-state index in [2.05, 4.69) is 30.6 Å². The molecule has 0 saturated carbocycles. The molecule has 21 heavy (non-hydrogen) atoms. The number of pyridine rings is 1. The number of anilines is 3. The van der Waals surface area contributed by atoms with E-state index in [1.807, 2.05) is 0 Å². The zero-order valence-electron chi connectivity index (χ0n) is 11.2. The Morgan fingerprint density at radius 2 is 2.10 bits per heavy atom. The van der Waals surface area contributed by atoms with Crippen molar-refractivity contribution in [2.45, 2.75) is 19.4 Å². The molecule has 0 radical (unpaired) electrons. The monoisotopic (exact) mass is 306 g/mol. The molecular weight excluding hydrogens is 296 g/mol. The highest BCUT2D eigenvalue weighted by molar-refractivity contribution is 6.28. The Balaban J connectivity index is 1.87. The van der Waals surface area contributed by atoms with Crippen molar-refractivity contribution >= 4 is 35.1 Å². The number of carbonyl (C=O) groups is 1. The van der Waals surface area contributed by atoms with Gasteiger partial charge in [-0.05, 0) is 37.6 Å². The van der Waals surface area contributed by atoms with Gasteiger partial charge in [-0.25, -0.2) is 15.0 Å². The molecule has 0 atom stereocenters. The SMILES string of the molecule is CC1(C)Oc2ccc(Nc3ncnc(Cl)n3)nc2NC1=O. The fourth-order valence-corrected chi connectivity index (χ4v) is 1.84. The van der Waals surface area contributed by atoms with Crippen molar-refractivity contribution in [2.24, 2.45) is 0 Å². The van der Waals surface area contributed by atoms with Gasteiger partial charge in [0.05, 0.1) is 0 Å². The zero-order chi connectivity index (χ0) is 15.0. The van der Waals surface area contributed by atoms with Gasteiger partial charge in [-0.1, -0.05) is 0 Å². The van der Waals surface area contributed by atoms with Gasteiger partial charge in [0.15, 0.2) is 17.2 Å². The summed E-state index contributed by atoms with van der Waals surface area (Å²) >= 11 is 5.68. The van der Waals surface area contributed by atoms with Crippen molar-refractivity contribution in [2.75, 3.05) is 10.6 Å². The molecule has 0 aliphatic carbocycles. The summed E-state index contributed by atoms with van der Waals surface area (Å²) in [5, 5.41) is 5.63. The number of fused-ring (bicyclic) bond motifs is 1. The average Bonchev–Trinajstić information content (AvgIpc) is 2.40. The van der Waals surface area contributed by atoms with Crippen LogP contribution in [0.1, 0.15) is 13.8 Å². The maximum absolute atomic E-state index is 11.8. The first kappa shape index (κ1) is 13.5. The molecule has 9 heteroatoms. The number of carbonyl (C=O) groups excluding carboxylic acids is 1. The number of amides is 1. The van der Waals surface area contributed by atoms with Crippen LogP contribution in [0, 0.1) is 0 Å². The van der Waals surface area contributed by atoms with Gasteiger partial charge in [0, 0.05) is 0 Å². The number of nitrogens with one attached hydrogen (secondary N) is 2. The molecule has 2 aromatic heterocycles. The van der Waals surface area contributed by atoms with E-state index >= 15 is 0 Å². The van der Waals surface area contributed by atoms with Gasteiger partial charge in [-0.3, -0.25) is 4.79 Å². The standard InChI is InChI=1S/C12H11ClN6O2/c1-12(2)9(20)18-8-6(21-12)3-4-7(16-8)17-11-15-5-14-10(13)19-11/h3-5H,1-2H3,(H2,14,15,16,17,18,19,20). The van der Waals surface area contributed by atoms with Crippen LogP contribution in [0.5, 0.6) is 5.75 Å². The van der Waals surface area contributed by atoms with Crippen molar-refractivity contribution in [3.05, 3.63) is 23.7 Å². The fourth-order valence-electron chi connectivity index (χ4n) is 1.72. The molecule has 3 heterocycles. The summed E-state index contributed by atoms with van der Waals surface area (Å²) in [5.41, 5.74) is -0.925. The molecule has 0 unspecified atom stereocenters. The number of hydrogen-bond acceptors (Lipinski definition) is 7. The smallest absolute Gasteiger partial charge is 0.269 e. The summed E-state index contributed by atoms with van der Waals surface area (Å²) in [4.78, 5) is 27.6. The minimum absolute atomic E-state index is 0.0730. The molecule has 2 N–H and O–H groups in total. The lowest BCUT2D eigenvalue weighted by atomic mass is 10.1. The van der Waals surface area contributed by atoms with Crippen molar-refractivity contribution in [3.63, 3.8) is 0 Å². The van der Waals surface area contributed by atoms with Gasteiger partial charge in [-0.2, -0.15) is 4.98 Å². The van der Waals surface area contributed by atoms with E-state index in [1.54, 1.807) is 26.0 Å². The van der Waals surface area contributed by atoms with Crippen molar-refractivity contribution in [1.29, 1.82) is 0 Å². The van der Waals surface area contributed by atoms with E-state index in [0.717, 1.165) is 0 Å². The van der Waals surface area contributed by atoms with E-state index in [9.17, 15) is 4.79 Å². The predicted molar refractivity (Wildman–Crippen MR) is 75.7 cm³/mol. The Hall–Kier alpha value is -2.48. The van der Waals surface area contributed by atoms with E-state index in [0.29, 0.717) is 17.4 Å². The average molecular weight is 307 g/mol. The summed E-state index contributed by atoms with van der Waals surface area (Å²) < 4.78 is 5.59. The second kappa shape index (κ2) is 4.81. The molecule has 0 bridgehead atoms. The number of nitrogens with zero attached hydrogens (tertiary/aromatic N) is 4. The Morgan fingerprint density at radius 3 is 2.86 bits per heavy atom. The third kappa shape index (κ3) is 2.70. The van der Waals surface area contributed by atoms with E-state index < -0.39 is 5.60 Å². The number of hydrogen-bond donors (Lipinski definition) is 2. The van der Waals surface area contributed by atoms with Crippen LogP contribution in [0.4, 0.5) is 17.6 Å². The molecule has 2 aromatic rings. The van der Waals surface area contributed by atoms with Crippen molar-refractivity contribution < 1.29 is 9.53 Å². The van der Waals surface area contributed by atoms with Gasteiger partial charge in [0.25, 0.3) is 5.91 Å². The zero-order valence-corrected chi connectivity index (χ0v) is 12.0. The minimum Gasteiger partial charge on any atom is -0.474 e. The van der Waals surface area contributed by atoms with Crippen LogP contribution in [0.2, 0.25) is 5.28 Å². The van der Waals surface area contributed by atoms with Gasteiger partial charge in [0.1, 0.15) is 12.1 Å². The lowest BCUT2D eigenvalue weighted by Crippen LogP contribution is -2.46. The van der Waals surface area contributed by atoms with Crippen molar-refractivity contribution in [3.8, 4) is 5.75 Å². The summed E-state index contributed by atoms with van der Waals surface area (Å²) in [5.74, 6) is 1.27. The van der Waals surface area contributed by atoms with Crippen LogP contribution in [0.3, 0.4) is 0 Å². The van der Waals surface area contributed by atoms with Crippen molar-refractivity contribution in [1.82, 2.24) is 19.9 Å². The maximum Gasteiger partial charge on any atom is 0.269 e. The minimum atomic E-state index is -0.925. The second-order valence-corrected chi connectivity index (χ2v) is 5.15. The van der Waals surface area contributed by atoms with E-state index in [-0.39, 0.29) is 17.1 Å². The topological polar surface area (TPSA) is 102 Å². The first-order valence-electron chi connectivity index (χ1n) is 6.07. The number of halogens is 1. The molecule has 0 aromatic carbocycles. The Labute approximate surface area is 124 Å². The van der Waals surface area contributed by atoms with Gasteiger partial charge in [-0.15, -0.1) is 0 Å². The second-order valence-electron chi connectivity index (χ2n) is 4.81. The lowest BCUT2D eigenvalue weighted by Gasteiger charge is -2.30. The molecule has 0 spiro atoms.